The minimum Gasteiger partial charge on any atom is -0.497 e. The first kappa shape index (κ1) is 21.9. The molecule has 0 saturated carbocycles. The van der Waals surface area contributed by atoms with Crippen LogP contribution in [0.2, 0.25) is 0 Å². The molecule has 1 unspecified atom stereocenters. The molecule has 1 saturated heterocycles. The molecule has 1 atom stereocenters. The highest BCUT2D eigenvalue weighted by Gasteiger charge is 2.20. The average molecular weight is 415 g/mol. The second kappa shape index (κ2) is 10.8. The number of carbonyl (C=O) groups is 1. The van der Waals surface area contributed by atoms with Crippen LogP contribution in [0.5, 0.6) is 11.5 Å². The van der Waals surface area contributed by atoms with Crippen LogP contribution in [0, 0.1) is 0 Å². The zero-order valence-corrected chi connectivity index (χ0v) is 17.6. The number of carbonyl (C=O) groups excluding carboxylic acids is 1. The molecule has 1 fully saturated rings. The van der Waals surface area contributed by atoms with Gasteiger partial charge in [-0.15, -0.1) is 0 Å². The number of methoxy groups -OCH3 is 2. The summed E-state index contributed by atoms with van der Waals surface area (Å²) in [6.07, 6.45) is -0.325. The third-order valence-corrected chi connectivity index (χ3v) is 5.22. The fourth-order valence-electron chi connectivity index (χ4n) is 3.47. The predicted octanol–water partition coefficient (Wildman–Crippen LogP) is 1.97. The maximum atomic E-state index is 11.3. The summed E-state index contributed by atoms with van der Waals surface area (Å²) in [5, 5.41) is 10.4. The second-order valence-electron chi connectivity index (χ2n) is 7.35. The maximum absolute atomic E-state index is 11.3. The lowest BCUT2D eigenvalue weighted by Gasteiger charge is -2.36. The third kappa shape index (κ3) is 6.37. The SMILES string of the molecule is COC(=O)Cc1ccc(OCC(O)CN2CCN(c3ccc(OC)cc3)CC2)cc1. The van der Waals surface area contributed by atoms with E-state index in [1.165, 1.54) is 12.8 Å². The van der Waals surface area contributed by atoms with Crippen LogP contribution in [0.3, 0.4) is 0 Å². The standard InChI is InChI=1S/C23H30N2O5/c1-28-21-9-5-19(6-10-21)25-13-11-24(12-14-25)16-20(26)17-30-22-7-3-18(4-8-22)15-23(27)29-2/h3-10,20,26H,11-17H2,1-2H3. The fraction of sp³-hybridized carbons (Fsp3) is 0.435. The number of hydrogen-bond acceptors (Lipinski definition) is 7. The van der Waals surface area contributed by atoms with Crippen molar-refractivity contribution in [3.05, 3.63) is 54.1 Å². The van der Waals surface area contributed by atoms with Gasteiger partial charge in [0.2, 0.25) is 0 Å². The molecule has 1 aliphatic heterocycles. The molecule has 7 heteroatoms. The minimum atomic E-state index is -0.563. The highest BCUT2D eigenvalue weighted by Crippen LogP contribution is 2.20. The summed E-state index contributed by atoms with van der Waals surface area (Å²) in [6, 6.07) is 15.4. The summed E-state index contributed by atoms with van der Waals surface area (Å²) in [5.74, 6) is 1.26. The molecule has 1 N–H and O–H groups in total. The van der Waals surface area contributed by atoms with Gasteiger partial charge in [0, 0.05) is 38.4 Å². The molecule has 2 aromatic carbocycles. The van der Waals surface area contributed by atoms with Crippen molar-refractivity contribution in [1.82, 2.24) is 4.90 Å². The number of piperazine rings is 1. The molecule has 0 radical (unpaired) electrons. The zero-order chi connectivity index (χ0) is 21.3. The highest BCUT2D eigenvalue weighted by molar-refractivity contribution is 5.72. The monoisotopic (exact) mass is 414 g/mol. The van der Waals surface area contributed by atoms with Crippen molar-refractivity contribution in [1.29, 1.82) is 0 Å². The van der Waals surface area contributed by atoms with Gasteiger partial charge in [-0.25, -0.2) is 0 Å². The Balaban J connectivity index is 1.38. The number of benzene rings is 2. The molecule has 1 heterocycles. The summed E-state index contributed by atoms with van der Waals surface area (Å²) >= 11 is 0. The van der Waals surface area contributed by atoms with E-state index in [-0.39, 0.29) is 19.0 Å². The number of nitrogens with zero attached hydrogens (tertiary/aromatic N) is 2. The van der Waals surface area contributed by atoms with Gasteiger partial charge in [0.15, 0.2) is 0 Å². The number of ether oxygens (including phenoxy) is 3. The largest absolute Gasteiger partial charge is 0.497 e. The Kier molecular flexibility index (Phi) is 7.93. The van der Waals surface area contributed by atoms with Gasteiger partial charge in [0.05, 0.1) is 20.6 Å². The van der Waals surface area contributed by atoms with Gasteiger partial charge in [-0.2, -0.15) is 0 Å². The van der Waals surface area contributed by atoms with Gasteiger partial charge in [-0.05, 0) is 42.0 Å². The highest BCUT2D eigenvalue weighted by atomic mass is 16.5. The van der Waals surface area contributed by atoms with Crippen LogP contribution < -0.4 is 14.4 Å². The Morgan fingerprint density at radius 2 is 1.60 bits per heavy atom. The molecule has 7 nitrogen and oxygen atoms in total. The Bertz CT molecular complexity index is 786. The summed E-state index contributed by atoms with van der Waals surface area (Å²) in [5.41, 5.74) is 2.06. The summed E-state index contributed by atoms with van der Waals surface area (Å²) in [4.78, 5) is 15.9. The van der Waals surface area contributed by atoms with Crippen molar-refractivity contribution in [3.63, 3.8) is 0 Å². The molecule has 3 rings (SSSR count). The Morgan fingerprint density at radius 3 is 2.20 bits per heavy atom. The lowest BCUT2D eigenvalue weighted by atomic mass is 10.1. The Hall–Kier alpha value is -2.77. The van der Waals surface area contributed by atoms with Gasteiger partial charge in [0.1, 0.15) is 24.2 Å². The van der Waals surface area contributed by atoms with E-state index >= 15 is 0 Å². The zero-order valence-electron chi connectivity index (χ0n) is 17.6. The molecule has 0 amide bonds. The smallest absolute Gasteiger partial charge is 0.309 e. The second-order valence-corrected chi connectivity index (χ2v) is 7.35. The van der Waals surface area contributed by atoms with Crippen LogP contribution >= 0.6 is 0 Å². The fourth-order valence-corrected chi connectivity index (χ4v) is 3.47. The van der Waals surface area contributed by atoms with Crippen LogP contribution in [0.25, 0.3) is 0 Å². The number of anilines is 1. The maximum Gasteiger partial charge on any atom is 0.309 e. The number of aliphatic hydroxyl groups excluding tert-OH is 1. The molecule has 1 aliphatic rings. The molecule has 0 spiro atoms. The van der Waals surface area contributed by atoms with Crippen LogP contribution in [0.4, 0.5) is 5.69 Å². The van der Waals surface area contributed by atoms with E-state index in [9.17, 15) is 9.90 Å². The molecule has 0 aliphatic carbocycles. The summed E-state index contributed by atoms with van der Waals surface area (Å²) in [7, 11) is 3.04. The van der Waals surface area contributed by atoms with E-state index in [1.54, 1.807) is 19.2 Å². The van der Waals surface area contributed by atoms with E-state index in [0.29, 0.717) is 12.3 Å². The van der Waals surface area contributed by atoms with E-state index in [2.05, 4.69) is 26.7 Å². The van der Waals surface area contributed by atoms with Gasteiger partial charge in [-0.1, -0.05) is 12.1 Å². The topological polar surface area (TPSA) is 71.5 Å². The van der Waals surface area contributed by atoms with Crippen molar-refractivity contribution < 1.29 is 24.1 Å². The van der Waals surface area contributed by atoms with Crippen LogP contribution in [-0.4, -0.2) is 75.6 Å². The van der Waals surface area contributed by atoms with E-state index in [0.717, 1.165) is 37.5 Å². The minimum absolute atomic E-state index is 0.231. The van der Waals surface area contributed by atoms with Crippen molar-refractivity contribution in [2.75, 3.05) is 58.5 Å². The molecular formula is C23H30N2O5. The lowest BCUT2D eigenvalue weighted by molar-refractivity contribution is -0.139. The number of rotatable bonds is 9. The first-order valence-corrected chi connectivity index (χ1v) is 10.2. The van der Waals surface area contributed by atoms with Crippen LogP contribution in [0.1, 0.15) is 5.56 Å². The number of esters is 1. The van der Waals surface area contributed by atoms with Gasteiger partial charge in [-0.3, -0.25) is 9.69 Å². The molecule has 162 valence electrons. The van der Waals surface area contributed by atoms with E-state index in [1.807, 2.05) is 24.3 Å². The van der Waals surface area contributed by atoms with Gasteiger partial charge in [0.25, 0.3) is 0 Å². The van der Waals surface area contributed by atoms with Crippen molar-refractivity contribution in [2.45, 2.75) is 12.5 Å². The first-order chi connectivity index (χ1) is 14.6. The number of hydrogen-bond donors (Lipinski definition) is 1. The Morgan fingerprint density at radius 1 is 0.967 bits per heavy atom. The van der Waals surface area contributed by atoms with Crippen molar-refractivity contribution in [3.8, 4) is 11.5 Å². The normalized spacial score (nSPS) is 15.5. The average Bonchev–Trinajstić information content (AvgIpc) is 2.79. The quantitative estimate of drug-likeness (QED) is 0.629. The number of β-amino-alcohol motifs (C(OH)–C–C–N with tert-alkyl or cyclic N) is 1. The molecule has 0 aromatic heterocycles. The van der Waals surface area contributed by atoms with Crippen molar-refractivity contribution in [2.24, 2.45) is 0 Å². The molecule has 2 aromatic rings. The van der Waals surface area contributed by atoms with Gasteiger partial charge >= 0.3 is 5.97 Å². The lowest BCUT2D eigenvalue weighted by Crippen LogP contribution is -2.49. The van der Waals surface area contributed by atoms with Crippen LogP contribution in [-0.2, 0) is 16.0 Å². The van der Waals surface area contributed by atoms with E-state index in [4.69, 9.17) is 9.47 Å². The molecule has 30 heavy (non-hydrogen) atoms. The van der Waals surface area contributed by atoms with E-state index < -0.39 is 6.10 Å². The third-order valence-electron chi connectivity index (χ3n) is 5.22. The number of aliphatic hydroxyl groups is 1. The first-order valence-electron chi connectivity index (χ1n) is 10.2. The summed E-state index contributed by atoms with van der Waals surface area (Å²) < 4.78 is 15.6. The Labute approximate surface area is 177 Å². The molecule has 0 bridgehead atoms. The summed E-state index contributed by atoms with van der Waals surface area (Å²) in [6.45, 7) is 4.44. The van der Waals surface area contributed by atoms with Gasteiger partial charge < -0.3 is 24.2 Å². The van der Waals surface area contributed by atoms with Crippen LogP contribution in [0.15, 0.2) is 48.5 Å². The predicted molar refractivity (Wildman–Crippen MR) is 115 cm³/mol. The molecular weight excluding hydrogens is 384 g/mol. The van der Waals surface area contributed by atoms with Crippen molar-refractivity contribution >= 4 is 11.7 Å².